The molecular formula is C22H23N5O. The van der Waals surface area contributed by atoms with Gasteiger partial charge in [0.25, 0.3) is 5.91 Å². The number of nitrogens with one attached hydrogen (secondary N) is 2. The van der Waals surface area contributed by atoms with Gasteiger partial charge in [-0.1, -0.05) is 49.4 Å². The number of nitrogens with zero attached hydrogens (tertiary/aromatic N) is 3. The van der Waals surface area contributed by atoms with E-state index in [0.29, 0.717) is 18.8 Å². The van der Waals surface area contributed by atoms with Gasteiger partial charge in [-0.15, -0.1) is 0 Å². The summed E-state index contributed by atoms with van der Waals surface area (Å²) < 4.78 is 2.11. The molecule has 6 nitrogen and oxygen atoms in total. The van der Waals surface area contributed by atoms with Crippen molar-refractivity contribution >= 4 is 16.9 Å². The molecule has 4 rings (SSSR count). The molecule has 1 amide bonds. The number of imidazole rings is 1. The standard InChI is InChI=1S/C22H23N5O/c1-15(17-8-4-3-5-9-17)13-23-22(28)20-12-18(25-26-20)14-27-16(2)24-19-10-6-7-11-21(19)27/h3-12,15H,13-14H2,1-2H3,(H,23,28)(H,25,26). The summed E-state index contributed by atoms with van der Waals surface area (Å²) in [7, 11) is 0. The highest BCUT2D eigenvalue weighted by Crippen LogP contribution is 2.17. The molecule has 0 aliphatic carbocycles. The van der Waals surface area contributed by atoms with E-state index in [2.05, 4.69) is 44.1 Å². The van der Waals surface area contributed by atoms with E-state index < -0.39 is 0 Å². The number of hydrogen-bond donors (Lipinski definition) is 2. The number of hydrogen-bond acceptors (Lipinski definition) is 3. The average molecular weight is 373 g/mol. The smallest absolute Gasteiger partial charge is 0.271 e. The van der Waals surface area contributed by atoms with Crippen LogP contribution in [0.4, 0.5) is 0 Å². The molecule has 2 N–H and O–H groups in total. The van der Waals surface area contributed by atoms with E-state index >= 15 is 0 Å². The summed E-state index contributed by atoms with van der Waals surface area (Å²) >= 11 is 0. The molecule has 0 saturated heterocycles. The average Bonchev–Trinajstić information content (AvgIpc) is 3.32. The van der Waals surface area contributed by atoms with Gasteiger partial charge in [0.1, 0.15) is 11.5 Å². The van der Waals surface area contributed by atoms with Crippen molar-refractivity contribution in [2.24, 2.45) is 0 Å². The Morgan fingerprint density at radius 2 is 1.89 bits per heavy atom. The van der Waals surface area contributed by atoms with Crippen LogP contribution in [0.1, 0.15) is 40.4 Å². The van der Waals surface area contributed by atoms with Crippen molar-refractivity contribution in [1.29, 1.82) is 0 Å². The number of carbonyl (C=O) groups is 1. The normalized spacial score (nSPS) is 12.2. The van der Waals surface area contributed by atoms with E-state index in [0.717, 1.165) is 22.6 Å². The third-order valence-corrected chi connectivity index (χ3v) is 4.97. The summed E-state index contributed by atoms with van der Waals surface area (Å²) in [6.07, 6.45) is 0. The van der Waals surface area contributed by atoms with E-state index in [-0.39, 0.29) is 11.8 Å². The minimum Gasteiger partial charge on any atom is -0.350 e. The maximum Gasteiger partial charge on any atom is 0.271 e. The van der Waals surface area contributed by atoms with Crippen molar-refractivity contribution in [1.82, 2.24) is 25.1 Å². The number of para-hydroxylation sites is 2. The molecule has 0 spiro atoms. The fourth-order valence-corrected chi connectivity index (χ4v) is 3.36. The molecule has 2 aromatic carbocycles. The molecule has 0 bridgehead atoms. The first-order valence-electron chi connectivity index (χ1n) is 9.41. The number of fused-ring (bicyclic) bond motifs is 1. The van der Waals surface area contributed by atoms with Crippen molar-refractivity contribution < 1.29 is 4.79 Å². The molecule has 0 saturated carbocycles. The maximum absolute atomic E-state index is 12.5. The summed E-state index contributed by atoms with van der Waals surface area (Å²) in [5.41, 5.74) is 4.50. The molecule has 0 aliphatic heterocycles. The second-order valence-electron chi connectivity index (χ2n) is 7.03. The number of benzene rings is 2. The Balaban J connectivity index is 1.42. The van der Waals surface area contributed by atoms with Crippen LogP contribution in [0.3, 0.4) is 0 Å². The van der Waals surface area contributed by atoms with Crippen LogP contribution in [-0.2, 0) is 6.54 Å². The Bertz CT molecular complexity index is 1100. The monoisotopic (exact) mass is 373 g/mol. The molecule has 1 unspecified atom stereocenters. The van der Waals surface area contributed by atoms with Crippen molar-refractivity contribution in [3.8, 4) is 0 Å². The molecule has 28 heavy (non-hydrogen) atoms. The fourth-order valence-electron chi connectivity index (χ4n) is 3.36. The Hall–Kier alpha value is -3.41. The molecule has 142 valence electrons. The van der Waals surface area contributed by atoms with Gasteiger partial charge in [-0.05, 0) is 36.6 Å². The number of H-pyrrole nitrogens is 1. The van der Waals surface area contributed by atoms with Crippen LogP contribution in [0.2, 0.25) is 0 Å². The van der Waals surface area contributed by atoms with Gasteiger partial charge in [-0.3, -0.25) is 9.89 Å². The highest BCUT2D eigenvalue weighted by atomic mass is 16.1. The van der Waals surface area contributed by atoms with Crippen LogP contribution in [0, 0.1) is 6.92 Å². The summed E-state index contributed by atoms with van der Waals surface area (Å²) in [5.74, 6) is 1.000. The first-order valence-corrected chi connectivity index (χ1v) is 9.41. The number of amides is 1. The Morgan fingerprint density at radius 1 is 1.14 bits per heavy atom. The number of aryl methyl sites for hydroxylation is 1. The van der Waals surface area contributed by atoms with Crippen LogP contribution >= 0.6 is 0 Å². The van der Waals surface area contributed by atoms with Crippen molar-refractivity contribution in [3.63, 3.8) is 0 Å². The van der Waals surface area contributed by atoms with E-state index in [4.69, 9.17) is 0 Å². The fraction of sp³-hybridized carbons (Fsp3) is 0.227. The molecule has 6 heteroatoms. The predicted octanol–water partition coefficient (Wildman–Crippen LogP) is 3.65. The Morgan fingerprint density at radius 3 is 2.71 bits per heavy atom. The molecule has 0 fully saturated rings. The van der Waals surface area contributed by atoms with Gasteiger partial charge in [0.15, 0.2) is 0 Å². The van der Waals surface area contributed by atoms with Crippen molar-refractivity contribution in [3.05, 3.63) is 83.4 Å². The van der Waals surface area contributed by atoms with Crippen LogP contribution in [-0.4, -0.2) is 32.2 Å². The first kappa shape index (κ1) is 18.0. The van der Waals surface area contributed by atoms with Crippen LogP contribution in [0.5, 0.6) is 0 Å². The summed E-state index contributed by atoms with van der Waals surface area (Å²) in [5, 5.41) is 10.1. The molecule has 2 heterocycles. The third-order valence-electron chi connectivity index (χ3n) is 4.97. The van der Waals surface area contributed by atoms with Crippen LogP contribution in [0.25, 0.3) is 11.0 Å². The first-order chi connectivity index (χ1) is 13.6. The number of aromatic amines is 1. The maximum atomic E-state index is 12.5. The zero-order valence-corrected chi connectivity index (χ0v) is 16.0. The molecule has 1 atom stereocenters. The summed E-state index contributed by atoms with van der Waals surface area (Å²) in [6, 6.07) is 20.0. The zero-order chi connectivity index (χ0) is 19.5. The highest BCUT2D eigenvalue weighted by molar-refractivity contribution is 5.92. The number of rotatable bonds is 6. The Labute approximate surface area is 163 Å². The lowest BCUT2D eigenvalue weighted by Crippen LogP contribution is -2.27. The van der Waals surface area contributed by atoms with E-state index in [1.54, 1.807) is 6.07 Å². The van der Waals surface area contributed by atoms with Gasteiger partial charge in [0.05, 0.1) is 23.3 Å². The van der Waals surface area contributed by atoms with E-state index in [1.165, 1.54) is 5.56 Å². The second kappa shape index (κ2) is 7.68. The SMILES string of the molecule is Cc1nc2ccccc2n1Cc1cc(C(=O)NCC(C)c2ccccc2)n[nH]1. The van der Waals surface area contributed by atoms with Gasteiger partial charge >= 0.3 is 0 Å². The van der Waals surface area contributed by atoms with E-state index in [9.17, 15) is 4.79 Å². The molecule has 4 aromatic rings. The lowest BCUT2D eigenvalue weighted by atomic mass is 10.0. The van der Waals surface area contributed by atoms with Crippen molar-refractivity contribution in [2.45, 2.75) is 26.3 Å². The van der Waals surface area contributed by atoms with Gasteiger partial charge in [0, 0.05) is 6.54 Å². The van der Waals surface area contributed by atoms with Crippen LogP contribution < -0.4 is 5.32 Å². The predicted molar refractivity (Wildman–Crippen MR) is 109 cm³/mol. The minimum absolute atomic E-state index is 0.169. The van der Waals surface area contributed by atoms with Crippen molar-refractivity contribution in [2.75, 3.05) is 6.54 Å². The minimum atomic E-state index is -0.169. The third kappa shape index (κ3) is 3.67. The topological polar surface area (TPSA) is 75.6 Å². The molecule has 0 radical (unpaired) electrons. The van der Waals surface area contributed by atoms with Gasteiger partial charge in [-0.2, -0.15) is 5.10 Å². The molecule has 2 aromatic heterocycles. The van der Waals surface area contributed by atoms with Crippen LogP contribution in [0.15, 0.2) is 60.7 Å². The quantitative estimate of drug-likeness (QED) is 0.542. The van der Waals surface area contributed by atoms with Gasteiger partial charge in [0.2, 0.25) is 0 Å². The lowest BCUT2D eigenvalue weighted by Gasteiger charge is -2.12. The van der Waals surface area contributed by atoms with Gasteiger partial charge < -0.3 is 9.88 Å². The number of carbonyl (C=O) groups excluding carboxylic acids is 1. The summed E-state index contributed by atoms with van der Waals surface area (Å²) in [4.78, 5) is 17.0. The summed E-state index contributed by atoms with van der Waals surface area (Å²) in [6.45, 7) is 5.23. The van der Waals surface area contributed by atoms with E-state index in [1.807, 2.05) is 49.4 Å². The molecular weight excluding hydrogens is 350 g/mol. The second-order valence-corrected chi connectivity index (χ2v) is 7.03. The zero-order valence-electron chi connectivity index (χ0n) is 16.0. The lowest BCUT2D eigenvalue weighted by molar-refractivity contribution is 0.0946. The highest BCUT2D eigenvalue weighted by Gasteiger charge is 2.14. The largest absolute Gasteiger partial charge is 0.350 e. The molecule has 0 aliphatic rings. The Kier molecular flexibility index (Phi) is 4.93. The van der Waals surface area contributed by atoms with Gasteiger partial charge in [-0.25, -0.2) is 4.98 Å². The number of aromatic nitrogens is 4.